The van der Waals surface area contributed by atoms with Crippen LogP contribution in [0.25, 0.3) is 0 Å². The first-order chi connectivity index (χ1) is 17.4. The van der Waals surface area contributed by atoms with Crippen molar-refractivity contribution in [1.29, 1.82) is 0 Å². The fourth-order valence-electron chi connectivity index (χ4n) is 4.87. The second kappa shape index (κ2) is 11.9. The molecule has 2 saturated heterocycles. The number of nitrogens with zero attached hydrogens (tertiary/aromatic N) is 2. The highest BCUT2D eigenvalue weighted by molar-refractivity contribution is 7.89. The fraction of sp³-hybridized carbons (Fsp3) is 0.481. The topological polar surface area (TPSA) is 96.0 Å². The number of para-hydroxylation sites is 1. The van der Waals surface area contributed by atoms with Gasteiger partial charge in [0.15, 0.2) is 0 Å². The average Bonchev–Trinajstić information content (AvgIpc) is 3.31. The molecule has 0 spiro atoms. The first-order valence-corrected chi connectivity index (χ1v) is 14.2. The molecule has 36 heavy (non-hydrogen) atoms. The molecule has 194 valence electrons. The van der Waals surface area contributed by atoms with E-state index in [0.717, 1.165) is 51.6 Å². The van der Waals surface area contributed by atoms with Gasteiger partial charge in [0.2, 0.25) is 15.9 Å². The number of likely N-dealkylation sites (tertiary alicyclic amines) is 1. The first-order valence-electron chi connectivity index (χ1n) is 12.8. The highest BCUT2D eigenvalue weighted by atomic mass is 32.2. The van der Waals surface area contributed by atoms with E-state index in [9.17, 15) is 18.0 Å². The first kappa shape index (κ1) is 26.2. The molecule has 2 aliphatic heterocycles. The molecule has 2 aromatic rings. The number of rotatable bonds is 8. The fourth-order valence-corrected chi connectivity index (χ4v) is 6.44. The summed E-state index contributed by atoms with van der Waals surface area (Å²) in [6.45, 7) is 2.53. The van der Waals surface area contributed by atoms with Gasteiger partial charge < -0.3 is 15.0 Å². The lowest BCUT2D eigenvalue weighted by Crippen LogP contribution is -2.32. The van der Waals surface area contributed by atoms with Gasteiger partial charge in [-0.1, -0.05) is 25.0 Å². The van der Waals surface area contributed by atoms with Gasteiger partial charge in [-0.05, 0) is 68.0 Å². The molecule has 0 radical (unpaired) electrons. The molecule has 0 aromatic heterocycles. The summed E-state index contributed by atoms with van der Waals surface area (Å²) in [5, 5.41) is 2.89. The van der Waals surface area contributed by atoms with Crippen molar-refractivity contribution in [2.45, 2.75) is 56.3 Å². The molecule has 2 fully saturated rings. The number of carbonyl (C=O) groups is 2. The van der Waals surface area contributed by atoms with Crippen LogP contribution in [0.5, 0.6) is 5.75 Å². The Hall–Kier alpha value is -2.91. The van der Waals surface area contributed by atoms with Crippen molar-refractivity contribution in [1.82, 2.24) is 9.21 Å². The van der Waals surface area contributed by atoms with Gasteiger partial charge in [-0.3, -0.25) is 9.59 Å². The van der Waals surface area contributed by atoms with Crippen LogP contribution in [0.3, 0.4) is 0 Å². The number of anilines is 1. The molecule has 1 N–H and O–H groups in total. The van der Waals surface area contributed by atoms with E-state index in [1.165, 1.54) is 11.4 Å². The summed E-state index contributed by atoms with van der Waals surface area (Å²) in [6.07, 6.45) is 6.41. The monoisotopic (exact) mass is 513 g/mol. The molecule has 0 aliphatic carbocycles. The maximum atomic E-state index is 13.2. The molecule has 2 aromatic carbocycles. The number of methoxy groups -OCH3 is 1. The molecule has 8 nitrogen and oxygen atoms in total. The minimum absolute atomic E-state index is 0.0608. The Balaban J connectivity index is 1.45. The van der Waals surface area contributed by atoms with Gasteiger partial charge >= 0.3 is 0 Å². The van der Waals surface area contributed by atoms with Crippen molar-refractivity contribution in [2.75, 3.05) is 38.6 Å². The molecular formula is C27H35N3O5S. The van der Waals surface area contributed by atoms with Crippen LogP contribution in [0.15, 0.2) is 47.4 Å². The second-order valence-electron chi connectivity index (χ2n) is 9.39. The number of ether oxygens (including phenoxy) is 1. The number of hydrogen-bond donors (Lipinski definition) is 1. The number of amides is 2. The van der Waals surface area contributed by atoms with Gasteiger partial charge in [-0.15, -0.1) is 0 Å². The number of carbonyl (C=O) groups excluding carboxylic acids is 2. The maximum Gasteiger partial charge on any atom is 0.255 e. The maximum absolute atomic E-state index is 13.2. The van der Waals surface area contributed by atoms with E-state index in [-0.39, 0.29) is 23.1 Å². The van der Waals surface area contributed by atoms with E-state index in [1.807, 2.05) is 4.90 Å². The van der Waals surface area contributed by atoms with Crippen LogP contribution < -0.4 is 10.1 Å². The third kappa shape index (κ3) is 6.07. The summed E-state index contributed by atoms with van der Waals surface area (Å²) in [6, 6.07) is 11.9. The Labute approximate surface area is 213 Å². The van der Waals surface area contributed by atoms with E-state index in [1.54, 1.807) is 42.5 Å². The summed E-state index contributed by atoms with van der Waals surface area (Å²) in [5.74, 6) is 0.232. The molecule has 2 aliphatic rings. The SMILES string of the molecule is COc1ccc(S(=O)(=O)N2CCCC2)cc1CCC(=O)Nc1ccccc1C(=O)N1CCCCCC1. The van der Waals surface area contributed by atoms with Crippen molar-refractivity contribution in [3.63, 3.8) is 0 Å². The van der Waals surface area contributed by atoms with Gasteiger partial charge in [0.05, 0.1) is 23.3 Å². The predicted molar refractivity (Wildman–Crippen MR) is 139 cm³/mol. The molecule has 9 heteroatoms. The zero-order valence-corrected chi connectivity index (χ0v) is 21.7. The number of nitrogens with one attached hydrogen (secondary N) is 1. The van der Waals surface area contributed by atoms with Crippen LogP contribution in [0.2, 0.25) is 0 Å². The standard InChI is InChI=1S/C27H35N3O5S/c1-35-25-14-13-22(36(33,34)30-18-8-9-19-30)20-21(25)12-15-26(31)28-24-11-5-4-10-23(24)27(32)29-16-6-2-3-7-17-29/h4-5,10-11,13-14,20H,2-3,6-9,12,15-19H2,1H3,(H,28,31). The van der Waals surface area contributed by atoms with Crippen molar-refractivity contribution in [3.05, 3.63) is 53.6 Å². The van der Waals surface area contributed by atoms with Crippen LogP contribution in [0, 0.1) is 0 Å². The Morgan fingerprint density at radius 3 is 2.28 bits per heavy atom. The Bertz CT molecular complexity index is 1180. The van der Waals surface area contributed by atoms with Crippen molar-refractivity contribution in [3.8, 4) is 5.75 Å². The predicted octanol–water partition coefficient (Wildman–Crippen LogP) is 4.07. The van der Waals surface area contributed by atoms with E-state index >= 15 is 0 Å². The van der Waals surface area contributed by atoms with Crippen molar-refractivity contribution < 1.29 is 22.7 Å². The Morgan fingerprint density at radius 1 is 0.917 bits per heavy atom. The van der Waals surface area contributed by atoms with Gasteiger partial charge in [-0.2, -0.15) is 4.31 Å². The van der Waals surface area contributed by atoms with E-state index in [2.05, 4.69) is 5.32 Å². The van der Waals surface area contributed by atoms with Crippen molar-refractivity contribution in [2.24, 2.45) is 0 Å². The third-order valence-corrected chi connectivity index (χ3v) is 8.80. The lowest BCUT2D eigenvalue weighted by atomic mass is 10.1. The highest BCUT2D eigenvalue weighted by Gasteiger charge is 2.28. The largest absolute Gasteiger partial charge is 0.496 e. The Kier molecular flexibility index (Phi) is 8.64. The molecule has 0 saturated carbocycles. The molecule has 0 atom stereocenters. The number of hydrogen-bond acceptors (Lipinski definition) is 5. The summed E-state index contributed by atoms with van der Waals surface area (Å²) in [4.78, 5) is 28.1. The van der Waals surface area contributed by atoms with E-state index in [4.69, 9.17) is 4.74 Å². The van der Waals surface area contributed by atoms with Gasteiger partial charge in [0.1, 0.15) is 5.75 Å². The van der Waals surface area contributed by atoms with Crippen molar-refractivity contribution >= 4 is 27.5 Å². The van der Waals surface area contributed by atoms with Gasteiger partial charge in [0.25, 0.3) is 5.91 Å². The number of aryl methyl sites for hydroxylation is 1. The highest BCUT2D eigenvalue weighted by Crippen LogP contribution is 2.28. The zero-order valence-electron chi connectivity index (χ0n) is 20.9. The minimum atomic E-state index is -3.57. The van der Waals surface area contributed by atoms with Crippen LogP contribution in [0.4, 0.5) is 5.69 Å². The molecular weight excluding hydrogens is 478 g/mol. The number of benzene rings is 2. The third-order valence-electron chi connectivity index (χ3n) is 6.90. The summed E-state index contributed by atoms with van der Waals surface area (Å²) >= 11 is 0. The smallest absolute Gasteiger partial charge is 0.255 e. The Morgan fingerprint density at radius 2 is 1.58 bits per heavy atom. The molecule has 0 unspecified atom stereocenters. The van der Waals surface area contributed by atoms with Crippen LogP contribution >= 0.6 is 0 Å². The van der Waals surface area contributed by atoms with Crippen LogP contribution in [-0.4, -0.2) is 62.7 Å². The van der Waals surface area contributed by atoms with Crippen LogP contribution in [-0.2, 0) is 21.2 Å². The van der Waals surface area contributed by atoms with Gasteiger partial charge in [0, 0.05) is 32.6 Å². The quantitative estimate of drug-likeness (QED) is 0.574. The lowest BCUT2D eigenvalue weighted by Gasteiger charge is -2.22. The average molecular weight is 514 g/mol. The normalized spacial score (nSPS) is 17.0. The number of sulfonamides is 1. The molecule has 4 rings (SSSR count). The molecule has 2 heterocycles. The van der Waals surface area contributed by atoms with E-state index < -0.39 is 10.0 Å². The van der Waals surface area contributed by atoms with Crippen LogP contribution in [0.1, 0.15) is 60.9 Å². The second-order valence-corrected chi connectivity index (χ2v) is 11.3. The lowest BCUT2D eigenvalue weighted by molar-refractivity contribution is -0.116. The minimum Gasteiger partial charge on any atom is -0.496 e. The summed E-state index contributed by atoms with van der Waals surface area (Å²) < 4.78 is 32.9. The molecule has 0 bridgehead atoms. The summed E-state index contributed by atoms with van der Waals surface area (Å²) in [5.41, 5.74) is 1.64. The van der Waals surface area contributed by atoms with Gasteiger partial charge in [-0.25, -0.2) is 8.42 Å². The van der Waals surface area contributed by atoms with E-state index in [0.29, 0.717) is 42.1 Å². The molecule has 2 amide bonds. The summed E-state index contributed by atoms with van der Waals surface area (Å²) in [7, 11) is -2.04. The zero-order chi connectivity index (χ0) is 25.5.